The first-order valence-corrected chi connectivity index (χ1v) is 7.09. The van der Waals surface area contributed by atoms with Gasteiger partial charge in [0.25, 0.3) is 5.69 Å². The van der Waals surface area contributed by atoms with Crippen molar-refractivity contribution in [2.24, 2.45) is 0 Å². The Morgan fingerprint density at radius 3 is 2.35 bits per heavy atom. The number of nitro benzene ring substituents is 1. The highest BCUT2D eigenvalue weighted by molar-refractivity contribution is 5.48. The summed E-state index contributed by atoms with van der Waals surface area (Å²) in [5.41, 5.74) is 3.22. The van der Waals surface area contributed by atoms with Crippen LogP contribution in [0.1, 0.15) is 11.1 Å². The molecule has 0 bridgehead atoms. The van der Waals surface area contributed by atoms with Crippen molar-refractivity contribution in [2.45, 2.75) is 13.1 Å². The van der Waals surface area contributed by atoms with Crippen LogP contribution in [0, 0.1) is 10.1 Å². The lowest BCUT2D eigenvalue weighted by atomic mass is 10.1. The highest BCUT2D eigenvalue weighted by atomic mass is 16.6. The smallest absolute Gasteiger partial charge is 0.269 e. The van der Waals surface area contributed by atoms with Gasteiger partial charge in [0, 0.05) is 24.4 Å². The minimum Gasteiger partial charge on any atom is -0.381 e. The summed E-state index contributed by atoms with van der Waals surface area (Å²) in [7, 11) is 0. The molecule has 7 nitrogen and oxygen atoms in total. The molecule has 0 aliphatic heterocycles. The molecule has 3 rings (SSSR count). The number of nitro groups is 1. The van der Waals surface area contributed by atoms with Gasteiger partial charge >= 0.3 is 0 Å². The number of nitrogens with zero attached hydrogens (tertiary/aromatic N) is 4. The molecule has 0 atom stereocenters. The quantitative estimate of drug-likeness (QED) is 0.559. The molecule has 1 heterocycles. The van der Waals surface area contributed by atoms with Crippen molar-refractivity contribution in [3.05, 3.63) is 82.4 Å². The van der Waals surface area contributed by atoms with Crippen LogP contribution in [-0.4, -0.2) is 19.7 Å². The third kappa shape index (κ3) is 3.91. The number of hydrogen-bond acceptors (Lipinski definition) is 5. The molecule has 7 heteroatoms. The number of nitrogens with one attached hydrogen (secondary N) is 1. The molecule has 0 radical (unpaired) electrons. The van der Waals surface area contributed by atoms with Crippen molar-refractivity contribution in [3.8, 4) is 0 Å². The predicted molar refractivity (Wildman–Crippen MR) is 86.0 cm³/mol. The summed E-state index contributed by atoms with van der Waals surface area (Å²) in [6.07, 6.45) is 3.20. The molecular weight excluding hydrogens is 294 g/mol. The standard InChI is InChI=1S/C16H15N5O2/c22-21(23)16-7-5-15(6-8-16)18-9-13-1-3-14(4-2-13)10-20-12-17-11-19-20/h1-8,11-12,18H,9-10H2. The zero-order valence-electron chi connectivity index (χ0n) is 12.3. The molecular formula is C16H15N5O2. The Hall–Kier alpha value is -3.22. The van der Waals surface area contributed by atoms with E-state index in [0.29, 0.717) is 13.1 Å². The lowest BCUT2D eigenvalue weighted by Gasteiger charge is -2.07. The first-order chi connectivity index (χ1) is 11.2. The van der Waals surface area contributed by atoms with Crippen molar-refractivity contribution in [2.75, 3.05) is 5.32 Å². The molecule has 0 unspecified atom stereocenters. The van der Waals surface area contributed by atoms with Gasteiger partial charge in [0.15, 0.2) is 0 Å². The maximum atomic E-state index is 10.6. The summed E-state index contributed by atoms with van der Waals surface area (Å²) in [5.74, 6) is 0. The summed E-state index contributed by atoms with van der Waals surface area (Å²) in [5, 5.41) is 17.9. The lowest BCUT2D eigenvalue weighted by Crippen LogP contribution is -2.02. The van der Waals surface area contributed by atoms with Gasteiger partial charge in [0.2, 0.25) is 0 Å². The Kier molecular flexibility index (Phi) is 4.28. The van der Waals surface area contributed by atoms with E-state index in [1.165, 1.54) is 18.5 Å². The molecule has 0 saturated heterocycles. The molecule has 3 aromatic rings. The molecule has 0 spiro atoms. The third-order valence-corrected chi connectivity index (χ3v) is 3.41. The van der Waals surface area contributed by atoms with Crippen LogP contribution in [0.2, 0.25) is 0 Å². The largest absolute Gasteiger partial charge is 0.381 e. The van der Waals surface area contributed by atoms with Crippen LogP contribution in [0.5, 0.6) is 0 Å². The number of non-ortho nitro benzene ring substituents is 1. The van der Waals surface area contributed by atoms with Crippen LogP contribution < -0.4 is 5.32 Å². The molecule has 0 saturated carbocycles. The van der Waals surface area contributed by atoms with Crippen LogP contribution in [0.15, 0.2) is 61.2 Å². The zero-order valence-corrected chi connectivity index (χ0v) is 12.3. The molecule has 1 N–H and O–H groups in total. The highest BCUT2D eigenvalue weighted by Crippen LogP contribution is 2.16. The van der Waals surface area contributed by atoms with Crippen molar-refractivity contribution in [1.29, 1.82) is 0 Å². The second-order valence-electron chi connectivity index (χ2n) is 5.07. The summed E-state index contributed by atoms with van der Waals surface area (Å²) >= 11 is 0. The van der Waals surface area contributed by atoms with E-state index in [-0.39, 0.29) is 5.69 Å². The van der Waals surface area contributed by atoms with Gasteiger partial charge in [-0.05, 0) is 23.3 Å². The van der Waals surface area contributed by atoms with Gasteiger partial charge in [-0.1, -0.05) is 24.3 Å². The van der Waals surface area contributed by atoms with E-state index in [1.54, 1.807) is 23.1 Å². The number of anilines is 1. The van der Waals surface area contributed by atoms with E-state index in [9.17, 15) is 10.1 Å². The molecule has 0 amide bonds. The maximum Gasteiger partial charge on any atom is 0.269 e. The predicted octanol–water partition coefficient (Wildman–Crippen LogP) is 2.85. The van der Waals surface area contributed by atoms with Gasteiger partial charge in [0.05, 0.1) is 11.5 Å². The van der Waals surface area contributed by atoms with Crippen LogP contribution in [0.3, 0.4) is 0 Å². The second kappa shape index (κ2) is 6.69. The fourth-order valence-corrected chi connectivity index (χ4v) is 2.17. The topological polar surface area (TPSA) is 85.9 Å². The van der Waals surface area contributed by atoms with Crippen LogP contribution >= 0.6 is 0 Å². The van der Waals surface area contributed by atoms with Gasteiger partial charge in [0.1, 0.15) is 12.7 Å². The molecule has 116 valence electrons. The average Bonchev–Trinajstić information content (AvgIpc) is 3.07. The average molecular weight is 309 g/mol. The second-order valence-corrected chi connectivity index (χ2v) is 5.07. The summed E-state index contributed by atoms with van der Waals surface area (Å²) in [6.45, 7) is 1.34. The van der Waals surface area contributed by atoms with Gasteiger partial charge in [-0.15, -0.1) is 0 Å². The minimum atomic E-state index is -0.405. The molecule has 23 heavy (non-hydrogen) atoms. The normalized spacial score (nSPS) is 10.4. The van der Waals surface area contributed by atoms with Crippen LogP contribution in [0.4, 0.5) is 11.4 Å². The Morgan fingerprint density at radius 1 is 1.04 bits per heavy atom. The van der Waals surface area contributed by atoms with Gasteiger partial charge < -0.3 is 5.32 Å². The van der Waals surface area contributed by atoms with Gasteiger partial charge in [-0.25, -0.2) is 9.67 Å². The van der Waals surface area contributed by atoms with E-state index in [2.05, 4.69) is 27.5 Å². The Labute approximate surface area is 132 Å². The van der Waals surface area contributed by atoms with E-state index < -0.39 is 4.92 Å². The number of hydrogen-bond donors (Lipinski definition) is 1. The first kappa shape index (κ1) is 14.7. The summed E-state index contributed by atoms with van der Waals surface area (Å²) in [6, 6.07) is 14.6. The fourth-order valence-electron chi connectivity index (χ4n) is 2.17. The van der Waals surface area contributed by atoms with Crippen LogP contribution in [-0.2, 0) is 13.1 Å². The number of aromatic nitrogens is 3. The SMILES string of the molecule is O=[N+]([O-])c1ccc(NCc2ccc(Cn3cncn3)cc2)cc1. The monoisotopic (exact) mass is 309 g/mol. The molecule has 1 aromatic heterocycles. The molecule has 0 aliphatic rings. The number of rotatable bonds is 6. The van der Waals surface area contributed by atoms with Gasteiger partial charge in [-0.3, -0.25) is 10.1 Å². The third-order valence-electron chi connectivity index (χ3n) is 3.41. The molecule has 2 aromatic carbocycles. The minimum absolute atomic E-state index is 0.0908. The van der Waals surface area contributed by atoms with Crippen molar-refractivity contribution in [3.63, 3.8) is 0 Å². The van der Waals surface area contributed by atoms with Gasteiger partial charge in [-0.2, -0.15) is 5.10 Å². The van der Waals surface area contributed by atoms with Crippen LogP contribution in [0.25, 0.3) is 0 Å². The zero-order chi connectivity index (χ0) is 16.1. The van der Waals surface area contributed by atoms with E-state index in [4.69, 9.17) is 0 Å². The fraction of sp³-hybridized carbons (Fsp3) is 0.125. The summed E-state index contributed by atoms with van der Waals surface area (Å²) in [4.78, 5) is 14.1. The van der Waals surface area contributed by atoms with E-state index in [1.807, 2.05) is 12.1 Å². The summed E-state index contributed by atoms with van der Waals surface area (Å²) < 4.78 is 1.77. The van der Waals surface area contributed by atoms with E-state index in [0.717, 1.165) is 16.8 Å². The Balaban J connectivity index is 1.56. The first-order valence-electron chi connectivity index (χ1n) is 7.09. The molecule has 0 aliphatic carbocycles. The lowest BCUT2D eigenvalue weighted by molar-refractivity contribution is -0.384. The van der Waals surface area contributed by atoms with Crippen molar-refractivity contribution < 1.29 is 4.92 Å². The van der Waals surface area contributed by atoms with Crippen molar-refractivity contribution in [1.82, 2.24) is 14.8 Å². The van der Waals surface area contributed by atoms with E-state index >= 15 is 0 Å². The molecule has 0 fully saturated rings. The highest BCUT2D eigenvalue weighted by Gasteiger charge is 2.03. The maximum absolute atomic E-state index is 10.6. The Bertz CT molecular complexity index is 767. The van der Waals surface area contributed by atoms with Crippen molar-refractivity contribution >= 4 is 11.4 Å². The Morgan fingerprint density at radius 2 is 1.74 bits per heavy atom. The number of benzene rings is 2.